The van der Waals surface area contributed by atoms with Crippen molar-refractivity contribution in [1.82, 2.24) is 9.47 Å². The first-order chi connectivity index (χ1) is 17.2. The molecule has 3 aromatic rings. The first kappa shape index (κ1) is 24.7. The summed E-state index contributed by atoms with van der Waals surface area (Å²) in [6, 6.07) is 8.57. The van der Waals surface area contributed by atoms with Gasteiger partial charge in [-0.05, 0) is 71.8 Å². The number of fused-ring (bicyclic) bond motifs is 1. The molecule has 12 heteroatoms. The second-order valence-electron chi connectivity index (χ2n) is 8.67. The molecule has 0 unspecified atom stereocenters. The second kappa shape index (κ2) is 9.79. The summed E-state index contributed by atoms with van der Waals surface area (Å²) in [6.45, 7) is 2.78. The van der Waals surface area contributed by atoms with Gasteiger partial charge in [0.2, 0.25) is 5.88 Å². The van der Waals surface area contributed by atoms with Gasteiger partial charge in [0.1, 0.15) is 11.0 Å². The first-order valence-electron chi connectivity index (χ1n) is 11.3. The zero-order chi connectivity index (χ0) is 25.4. The monoisotopic (exact) mass is 535 g/mol. The summed E-state index contributed by atoms with van der Waals surface area (Å²) in [5.41, 5.74) is -0.0778. The number of thiazole rings is 1. The van der Waals surface area contributed by atoms with Crippen molar-refractivity contribution in [2.45, 2.75) is 32.0 Å². The van der Waals surface area contributed by atoms with Crippen molar-refractivity contribution in [3.05, 3.63) is 77.7 Å². The Morgan fingerprint density at radius 2 is 1.89 bits per heavy atom. The maximum absolute atomic E-state index is 13.8. The Bertz CT molecular complexity index is 1520. The van der Waals surface area contributed by atoms with Crippen LogP contribution in [0.5, 0.6) is 5.88 Å². The number of aromatic hydroxyl groups is 1. The van der Waals surface area contributed by atoms with Crippen LogP contribution in [0.4, 0.5) is 18.9 Å². The van der Waals surface area contributed by atoms with Gasteiger partial charge in [-0.15, -0.1) is 10.2 Å². The number of likely N-dealkylation sites (tertiary alicyclic amines) is 1. The van der Waals surface area contributed by atoms with E-state index in [1.54, 1.807) is 18.2 Å². The molecule has 2 aromatic carbocycles. The van der Waals surface area contributed by atoms with Crippen LogP contribution < -0.4 is 15.4 Å². The molecule has 1 fully saturated rings. The molecule has 2 aliphatic rings. The van der Waals surface area contributed by atoms with Gasteiger partial charge in [0, 0.05) is 24.5 Å². The van der Waals surface area contributed by atoms with E-state index >= 15 is 0 Å². The highest BCUT2D eigenvalue weighted by Gasteiger charge is 2.34. The van der Waals surface area contributed by atoms with Gasteiger partial charge < -0.3 is 10.0 Å². The van der Waals surface area contributed by atoms with E-state index in [1.165, 1.54) is 16.7 Å². The lowest BCUT2D eigenvalue weighted by atomic mass is 9.96. The summed E-state index contributed by atoms with van der Waals surface area (Å²) in [4.78, 5) is 14.9. The summed E-state index contributed by atoms with van der Waals surface area (Å²) >= 11 is 6.68. The van der Waals surface area contributed by atoms with Crippen LogP contribution in [0.2, 0.25) is 5.02 Å². The topological polar surface area (TPSA) is 82.5 Å². The lowest BCUT2D eigenvalue weighted by molar-refractivity contribution is -0.138. The molecule has 2 aliphatic heterocycles. The lowest BCUT2D eigenvalue weighted by Crippen LogP contribution is -2.26. The normalized spacial score (nSPS) is 16.3. The quantitative estimate of drug-likeness (QED) is 0.506. The molecule has 188 valence electrons. The molecule has 0 bridgehead atoms. The first-order valence-corrected chi connectivity index (χ1v) is 12.5. The van der Waals surface area contributed by atoms with E-state index in [9.17, 15) is 23.1 Å². The van der Waals surface area contributed by atoms with Crippen molar-refractivity contribution in [1.29, 1.82) is 0 Å². The van der Waals surface area contributed by atoms with Crippen LogP contribution in [0.1, 0.15) is 28.8 Å². The maximum Gasteiger partial charge on any atom is 0.416 e. The molecule has 5 rings (SSSR count). The molecule has 0 amide bonds. The maximum atomic E-state index is 13.8. The van der Waals surface area contributed by atoms with Crippen LogP contribution in [-0.4, -0.2) is 34.2 Å². The fourth-order valence-corrected chi connectivity index (χ4v) is 5.65. The molecule has 0 spiro atoms. The van der Waals surface area contributed by atoms with Gasteiger partial charge in [-0.3, -0.25) is 9.36 Å². The summed E-state index contributed by atoms with van der Waals surface area (Å²) < 4.78 is 42.8. The third-order valence-electron chi connectivity index (χ3n) is 6.35. The van der Waals surface area contributed by atoms with Gasteiger partial charge in [0.15, 0.2) is 0 Å². The molecular formula is C24H21ClF3N5O2S. The molecule has 0 aliphatic carbocycles. The van der Waals surface area contributed by atoms with Crippen molar-refractivity contribution < 1.29 is 18.3 Å². The van der Waals surface area contributed by atoms with Crippen molar-refractivity contribution in [3.8, 4) is 5.88 Å². The minimum absolute atomic E-state index is 0.0300. The van der Waals surface area contributed by atoms with Crippen LogP contribution in [0, 0.1) is 0 Å². The summed E-state index contributed by atoms with van der Waals surface area (Å²) in [7, 11) is 0. The van der Waals surface area contributed by atoms with E-state index in [0.717, 1.165) is 43.3 Å². The van der Waals surface area contributed by atoms with E-state index in [-0.39, 0.29) is 32.6 Å². The molecule has 1 N–H and O–H groups in total. The highest BCUT2D eigenvalue weighted by Crippen LogP contribution is 2.37. The predicted octanol–water partition coefficient (Wildman–Crippen LogP) is 4.46. The molecule has 0 atom stereocenters. The molecule has 1 aromatic heterocycles. The fourth-order valence-electron chi connectivity index (χ4n) is 4.50. The fraction of sp³-hybridized carbons (Fsp3) is 0.333. The standard InChI is InChI=1S/C24H21ClF3N5O2S/c25-16-5-3-15(18(13-16)24(26,27)28)11-17(14-4-6-19-20(12-14)30-31-29-19)21-22(34)33(23(35)36-21)10-9-32-7-1-2-8-32/h3-6,12-13,34H,1-2,7-11H2. The van der Waals surface area contributed by atoms with Crippen LogP contribution in [0.25, 0.3) is 5.57 Å². The smallest absolute Gasteiger partial charge is 0.416 e. The number of hydrogen-bond donors (Lipinski definition) is 1. The molecule has 3 heterocycles. The van der Waals surface area contributed by atoms with Gasteiger partial charge in [0.25, 0.3) is 0 Å². The highest BCUT2D eigenvalue weighted by atomic mass is 35.5. The Kier molecular flexibility index (Phi) is 6.71. The summed E-state index contributed by atoms with van der Waals surface area (Å²) in [5.74, 6) is -0.256. The number of aromatic nitrogens is 1. The van der Waals surface area contributed by atoms with E-state index < -0.39 is 11.7 Å². The number of hydrogen-bond acceptors (Lipinski definition) is 7. The number of alkyl halides is 3. The van der Waals surface area contributed by atoms with E-state index in [2.05, 4.69) is 20.3 Å². The third-order valence-corrected chi connectivity index (χ3v) is 7.62. The molecule has 1 saturated heterocycles. The van der Waals surface area contributed by atoms with E-state index in [4.69, 9.17) is 11.6 Å². The Morgan fingerprint density at radius 3 is 2.64 bits per heavy atom. The molecule has 0 radical (unpaired) electrons. The largest absolute Gasteiger partial charge is 0.493 e. The van der Waals surface area contributed by atoms with Gasteiger partial charge in [-0.2, -0.15) is 13.2 Å². The summed E-state index contributed by atoms with van der Waals surface area (Å²) in [5, 5.41) is 23.6. The van der Waals surface area contributed by atoms with Gasteiger partial charge in [-0.1, -0.05) is 35.1 Å². The van der Waals surface area contributed by atoms with Gasteiger partial charge in [0.05, 0.1) is 10.4 Å². The SMILES string of the molecule is O=c1sc(C(Cc2ccc(Cl)cc2C(F)(F)F)=c2ccc3c(c2)N=NN=3)c(O)n1CCN1CCCC1. The third kappa shape index (κ3) is 4.95. The second-order valence-corrected chi connectivity index (χ2v) is 10.1. The number of rotatable bonds is 6. The zero-order valence-corrected chi connectivity index (χ0v) is 20.5. The minimum Gasteiger partial charge on any atom is -0.493 e. The molecule has 7 nitrogen and oxygen atoms in total. The van der Waals surface area contributed by atoms with Crippen molar-refractivity contribution in [2.75, 3.05) is 19.6 Å². The average Bonchev–Trinajstić information content (AvgIpc) is 3.57. The average molecular weight is 536 g/mol. The Labute approximate surface area is 212 Å². The van der Waals surface area contributed by atoms with Crippen LogP contribution in [0.15, 0.2) is 56.6 Å². The van der Waals surface area contributed by atoms with Gasteiger partial charge >= 0.3 is 11.0 Å². The van der Waals surface area contributed by atoms with Crippen molar-refractivity contribution in [2.24, 2.45) is 15.4 Å². The number of nitrogens with zero attached hydrogens (tertiary/aromatic N) is 5. The molecule has 36 heavy (non-hydrogen) atoms. The van der Waals surface area contributed by atoms with Crippen LogP contribution in [-0.2, 0) is 19.1 Å². The van der Waals surface area contributed by atoms with Crippen molar-refractivity contribution in [3.63, 3.8) is 0 Å². The Morgan fingerprint density at radius 1 is 1.11 bits per heavy atom. The van der Waals surface area contributed by atoms with E-state index in [1.807, 2.05) is 0 Å². The Hall–Kier alpha value is -3.02. The zero-order valence-electron chi connectivity index (χ0n) is 18.9. The van der Waals surface area contributed by atoms with Crippen molar-refractivity contribution >= 4 is 34.2 Å². The summed E-state index contributed by atoms with van der Waals surface area (Å²) in [6.07, 6.45) is -2.64. The van der Waals surface area contributed by atoms with Crippen LogP contribution >= 0.6 is 22.9 Å². The Balaban J connectivity index is 1.63. The molecular weight excluding hydrogens is 515 g/mol. The molecule has 0 saturated carbocycles. The number of halogens is 4. The highest BCUT2D eigenvalue weighted by molar-refractivity contribution is 7.10. The lowest BCUT2D eigenvalue weighted by Gasteiger charge is -2.16. The minimum atomic E-state index is -4.63. The predicted molar refractivity (Wildman–Crippen MR) is 130 cm³/mol. The number of benzene rings is 2. The van der Waals surface area contributed by atoms with Crippen LogP contribution in [0.3, 0.4) is 0 Å². The van der Waals surface area contributed by atoms with Gasteiger partial charge in [-0.25, -0.2) is 0 Å². The van der Waals surface area contributed by atoms with E-state index in [0.29, 0.717) is 34.9 Å².